The van der Waals surface area contributed by atoms with E-state index in [-0.39, 0.29) is 39.3 Å². The predicted octanol–water partition coefficient (Wildman–Crippen LogP) is 7.62. The van der Waals surface area contributed by atoms with Crippen molar-refractivity contribution in [3.05, 3.63) is 35.4 Å². The molecule has 4 N–H and O–H groups in total. The minimum Gasteiger partial charge on any atom is -0.870 e. The van der Waals surface area contributed by atoms with Gasteiger partial charge in [-0.2, -0.15) is 0 Å². The molecule has 1 aliphatic carbocycles. The summed E-state index contributed by atoms with van der Waals surface area (Å²) in [6, 6.07) is 3.98. The predicted molar refractivity (Wildman–Crippen MR) is 221 cm³/mol. The lowest BCUT2D eigenvalue weighted by Crippen LogP contribution is -2.36. The van der Waals surface area contributed by atoms with Crippen LogP contribution in [0.2, 0.25) is 0 Å². The molecule has 0 radical (unpaired) electrons. The summed E-state index contributed by atoms with van der Waals surface area (Å²) in [6.45, 7) is 17.6. The molecule has 3 amide bonds. The van der Waals surface area contributed by atoms with Gasteiger partial charge in [-0.3, -0.25) is 29.0 Å². The van der Waals surface area contributed by atoms with E-state index in [1.165, 1.54) is 44.8 Å². The number of imide groups is 1. The van der Waals surface area contributed by atoms with Gasteiger partial charge in [0.25, 0.3) is 11.8 Å². The zero-order valence-electron chi connectivity index (χ0n) is 34.3. The van der Waals surface area contributed by atoms with Gasteiger partial charge in [0, 0.05) is 78.8 Å². The normalized spacial score (nSPS) is 20.0. The number of carbonyl (C=O) groups is 4. The molecule has 0 unspecified atom stereocenters. The maximum Gasteiger partial charge on any atom is 0.253 e. The number of hydrogen-bond donors (Lipinski definition) is 3. The number of carbonyl (C=O) groups excluding carboxylic acids is 4. The zero-order valence-corrected chi connectivity index (χ0v) is 35.2. The first-order valence-electron chi connectivity index (χ1n) is 20.7. The van der Waals surface area contributed by atoms with Crippen LogP contribution in [0.3, 0.4) is 0 Å². The molecule has 2 aliphatic heterocycles. The van der Waals surface area contributed by atoms with Crippen molar-refractivity contribution in [3.63, 3.8) is 0 Å². The standard InChI is InChI=1S/C44H66N4O5S.H2O/c1-43(2,3)27-34-33-17-18-37(50)35(41(33)46-42(34)54-44(4,5)6)29-47-25-22-30(23-26-47)21-24-45-38(51)12-10-8-7-9-11-36(49)32-15-13-31(14-16-32)28-48-39(52)19-20-40(48)53;/h17-20,30-32,46,50H,7-16,21-29H2,1-6H3,(H,45,51);1H2. The van der Waals surface area contributed by atoms with Crippen LogP contribution < -0.4 is 5.32 Å². The van der Waals surface area contributed by atoms with Crippen molar-refractivity contribution in [3.8, 4) is 5.75 Å². The van der Waals surface area contributed by atoms with Gasteiger partial charge in [-0.1, -0.05) is 33.6 Å². The van der Waals surface area contributed by atoms with Gasteiger partial charge in [-0.05, 0) is 127 Å². The molecule has 1 aromatic carbocycles. The van der Waals surface area contributed by atoms with Crippen molar-refractivity contribution in [1.82, 2.24) is 20.1 Å². The highest BCUT2D eigenvalue weighted by Crippen LogP contribution is 2.38. The maximum absolute atomic E-state index is 12.8. The van der Waals surface area contributed by atoms with Gasteiger partial charge in [0.2, 0.25) is 10.9 Å². The van der Waals surface area contributed by atoms with E-state index in [1.807, 2.05) is 6.07 Å². The molecule has 2 fully saturated rings. The Balaban J connectivity index is 0.00000673. The molecule has 1 saturated heterocycles. The fourth-order valence-corrected chi connectivity index (χ4v) is 9.67. The van der Waals surface area contributed by atoms with Crippen LogP contribution in [0.4, 0.5) is 0 Å². The third kappa shape index (κ3) is 13.2. The first-order valence-corrected chi connectivity index (χ1v) is 21.6. The van der Waals surface area contributed by atoms with Crippen molar-refractivity contribution >= 4 is 46.2 Å². The average Bonchev–Trinajstić information content (AvgIpc) is 3.60. The van der Waals surface area contributed by atoms with Crippen LogP contribution in [0.25, 0.3) is 10.9 Å². The van der Waals surface area contributed by atoms with Crippen molar-refractivity contribution in [2.24, 2.45) is 23.2 Å². The molecule has 0 bridgehead atoms. The second-order valence-electron chi connectivity index (χ2n) is 18.5. The lowest BCUT2D eigenvalue weighted by atomic mass is 9.79. The number of amides is 3. The van der Waals surface area contributed by atoms with Crippen molar-refractivity contribution < 1.29 is 29.8 Å². The second-order valence-corrected chi connectivity index (χ2v) is 20.5. The van der Waals surface area contributed by atoms with Crippen molar-refractivity contribution in [2.45, 2.75) is 148 Å². The highest BCUT2D eigenvalue weighted by atomic mass is 32.2. The number of aromatic nitrogens is 1. The van der Waals surface area contributed by atoms with Gasteiger partial charge >= 0.3 is 0 Å². The number of phenols is 1. The molecule has 3 heterocycles. The van der Waals surface area contributed by atoms with E-state index in [0.29, 0.717) is 42.8 Å². The average molecular weight is 781 g/mol. The van der Waals surface area contributed by atoms with Gasteiger partial charge < -0.3 is 20.9 Å². The smallest absolute Gasteiger partial charge is 0.253 e. The Hall–Kier alpha value is -3.15. The Labute approximate surface area is 333 Å². The number of benzene rings is 1. The number of hydrogen-bond acceptors (Lipinski definition) is 7. The summed E-state index contributed by atoms with van der Waals surface area (Å²) in [5.74, 6) is 1.38. The van der Waals surface area contributed by atoms with Crippen LogP contribution in [0.15, 0.2) is 29.3 Å². The number of nitrogens with one attached hydrogen (secondary N) is 2. The van der Waals surface area contributed by atoms with E-state index in [9.17, 15) is 24.3 Å². The van der Waals surface area contributed by atoms with Crippen LogP contribution in [-0.2, 0) is 43.9 Å². The third-order valence-corrected chi connectivity index (χ3v) is 12.8. The molecule has 2 aromatic rings. The van der Waals surface area contributed by atoms with Gasteiger partial charge in [0.15, 0.2) is 0 Å². The van der Waals surface area contributed by atoms with Crippen LogP contribution >= 0.6 is 0 Å². The van der Waals surface area contributed by atoms with E-state index in [2.05, 4.69) is 62.8 Å². The number of aromatic amines is 1. The molecule has 0 spiro atoms. The minimum absolute atomic E-state index is 0. The third-order valence-electron chi connectivity index (χ3n) is 11.5. The molecule has 55 heavy (non-hydrogen) atoms. The molecular weight excluding hydrogens is 713 g/mol. The molecule has 306 valence electrons. The number of piperidine rings is 1. The fourth-order valence-electron chi connectivity index (χ4n) is 8.49. The minimum atomic E-state index is -0.223. The number of thiol groups is 1. The number of fused-ring (bicyclic) bond motifs is 1. The fraction of sp³-hybridized carbons (Fsp3) is 0.682. The molecule has 3 aliphatic rings. The van der Waals surface area contributed by atoms with Crippen LogP contribution in [0.5, 0.6) is 5.75 Å². The second kappa shape index (κ2) is 19.8. The highest BCUT2D eigenvalue weighted by Gasteiger charge is 2.32. The summed E-state index contributed by atoms with van der Waals surface area (Å²) >= 11 is 1.27. The number of nitrogens with zero attached hydrogens (tertiary/aromatic N) is 2. The summed E-state index contributed by atoms with van der Waals surface area (Å²) in [6.07, 6.45) is 15.1. The number of ketones is 1. The van der Waals surface area contributed by atoms with E-state index in [0.717, 1.165) is 114 Å². The molecule has 11 heteroatoms. The number of H-pyrrole nitrogens is 1. The summed E-state index contributed by atoms with van der Waals surface area (Å²) in [7, 11) is 0. The zero-order chi connectivity index (χ0) is 39.0. The van der Waals surface area contributed by atoms with E-state index in [4.69, 9.17) is 0 Å². The molecule has 5 rings (SSSR count). The Kier molecular flexibility index (Phi) is 16.1. The highest BCUT2D eigenvalue weighted by molar-refractivity contribution is 7.80. The van der Waals surface area contributed by atoms with Gasteiger partial charge in [0.05, 0.1) is 5.52 Å². The largest absolute Gasteiger partial charge is 0.870 e. The Bertz CT molecular complexity index is 1640. The summed E-state index contributed by atoms with van der Waals surface area (Å²) in [5, 5.41) is 16.7. The van der Waals surface area contributed by atoms with Gasteiger partial charge in [-0.15, -0.1) is 0 Å². The Morgan fingerprint density at radius 2 is 1.49 bits per heavy atom. The van der Waals surface area contributed by atoms with Crippen LogP contribution in [-0.4, -0.2) is 79.8 Å². The summed E-state index contributed by atoms with van der Waals surface area (Å²) in [5.41, 5.74) is 3.62. The molecule has 0 atom stereocenters. The first kappa shape index (κ1) is 44.6. The van der Waals surface area contributed by atoms with Crippen LogP contribution in [0.1, 0.15) is 136 Å². The topological polar surface area (TPSA) is 153 Å². The number of aromatic hydroxyl groups is 1. The quantitative estimate of drug-likeness (QED) is 0.0647. The molecule has 1 aromatic heterocycles. The lowest BCUT2D eigenvalue weighted by molar-refractivity contribution is -0.138. The molecule has 10 nitrogen and oxygen atoms in total. The number of rotatable bonds is 17. The number of unbranched alkanes of at least 4 members (excludes halogenated alkanes) is 3. The molecule has 1 saturated carbocycles. The van der Waals surface area contributed by atoms with Crippen LogP contribution in [0, 0.1) is 23.2 Å². The van der Waals surface area contributed by atoms with Gasteiger partial charge in [-0.25, -0.2) is 0 Å². The summed E-state index contributed by atoms with van der Waals surface area (Å²) < 4.78 is 0.130. The summed E-state index contributed by atoms with van der Waals surface area (Å²) in [4.78, 5) is 56.6. The van der Waals surface area contributed by atoms with E-state index >= 15 is 0 Å². The number of Topliss-reactive ketones (excluding diaryl/α,β-unsaturated/α-hetero) is 1. The van der Waals surface area contributed by atoms with E-state index in [1.54, 1.807) is 0 Å². The maximum atomic E-state index is 12.8. The Morgan fingerprint density at radius 3 is 2.11 bits per heavy atom. The first-order chi connectivity index (χ1) is 25.6. The molecular formula is C44H68N4O6S. The monoisotopic (exact) mass is 780 g/mol. The van der Waals surface area contributed by atoms with Crippen molar-refractivity contribution in [2.75, 3.05) is 26.2 Å². The van der Waals surface area contributed by atoms with Crippen molar-refractivity contribution in [1.29, 1.82) is 0 Å². The lowest BCUT2D eigenvalue weighted by Gasteiger charge is -2.32. The SMILES string of the molecule is CC(C)(C)Cc1c([SH+]C(C)(C)C)[nH]c2c(CN3CCC(CCNC(=O)CCCCCCC(=O)C4CCC(CN5C(=O)C=CC5=O)CC4)CC3)c(O)ccc12.[OH-]. The number of phenolic OH excluding ortho intramolecular Hbond substituents is 1. The Morgan fingerprint density at radius 1 is 0.855 bits per heavy atom. The van der Waals surface area contributed by atoms with E-state index < -0.39 is 0 Å². The van der Waals surface area contributed by atoms with Gasteiger partial charge in [0.1, 0.15) is 16.3 Å². The number of likely N-dealkylation sites (tertiary alicyclic amines) is 1.